The molecule has 0 aromatic heterocycles. The Bertz CT molecular complexity index is 713. The van der Waals surface area contributed by atoms with E-state index in [1.165, 1.54) is 17.7 Å². The summed E-state index contributed by atoms with van der Waals surface area (Å²) in [5.74, 6) is 1.04. The van der Waals surface area contributed by atoms with Crippen LogP contribution in [-0.2, 0) is 4.79 Å². The lowest BCUT2D eigenvalue weighted by Gasteiger charge is -2.39. The maximum Gasteiger partial charge on any atom is 0.259 e. The molecule has 2 amide bonds. The van der Waals surface area contributed by atoms with Gasteiger partial charge < -0.3 is 15.0 Å². The summed E-state index contributed by atoms with van der Waals surface area (Å²) in [6, 6.07) is 7.26. The van der Waals surface area contributed by atoms with Crippen molar-refractivity contribution in [3.63, 3.8) is 0 Å². The van der Waals surface area contributed by atoms with Crippen molar-refractivity contribution < 1.29 is 14.3 Å². The predicted molar refractivity (Wildman–Crippen MR) is 101 cm³/mol. The van der Waals surface area contributed by atoms with Gasteiger partial charge in [-0.05, 0) is 54.2 Å². The van der Waals surface area contributed by atoms with Crippen LogP contribution in [-0.4, -0.2) is 43.5 Å². The van der Waals surface area contributed by atoms with E-state index in [9.17, 15) is 9.59 Å². The lowest BCUT2D eigenvalue weighted by Crippen LogP contribution is -2.46. The Morgan fingerprint density at radius 2 is 2.00 bits per heavy atom. The number of nitrogens with one attached hydrogen (secondary N) is 1. The van der Waals surface area contributed by atoms with E-state index in [-0.39, 0.29) is 35.3 Å². The van der Waals surface area contributed by atoms with Crippen LogP contribution in [0, 0.1) is 16.7 Å². The molecule has 2 aliphatic rings. The van der Waals surface area contributed by atoms with Gasteiger partial charge >= 0.3 is 0 Å². The van der Waals surface area contributed by atoms with E-state index in [1.807, 2.05) is 0 Å². The fourth-order valence-corrected chi connectivity index (χ4v) is 4.66. The minimum Gasteiger partial charge on any atom is -0.484 e. The normalized spacial score (nSPS) is 28.7. The maximum absolute atomic E-state index is 12.8. The third-order valence-corrected chi connectivity index (χ3v) is 7.06. The first kappa shape index (κ1) is 18.7. The van der Waals surface area contributed by atoms with Crippen LogP contribution < -0.4 is 10.1 Å². The summed E-state index contributed by atoms with van der Waals surface area (Å²) in [5, 5.41) is 3.26. The molecule has 1 N–H and O–H groups in total. The molecule has 0 spiro atoms. The molecule has 0 saturated heterocycles. The number of benzene rings is 1. The van der Waals surface area contributed by atoms with Gasteiger partial charge in [0.2, 0.25) is 0 Å². The van der Waals surface area contributed by atoms with Crippen LogP contribution in [0.5, 0.6) is 5.75 Å². The van der Waals surface area contributed by atoms with Crippen molar-refractivity contribution in [2.75, 3.05) is 20.7 Å². The number of fused-ring (bicyclic) bond motifs is 2. The molecule has 2 fully saturated rings. The van der Waals surface area contributed by atoms with Crippen LogP contribution in [0.25, 0.3) is 0 Å². The van der Waals surface area contributed by atoms with Crippen molar-refractivity contribution in [3.05, 3.63) is 29.8 Å². The zero-order valence-corrected chi connectivity index (χ0v) is 16.5. The Morgan fingerprint density at radius 1 is 1.27 bits per heavy atom. The summed E-state index contributed by atoms with van der Waals surface area (Å²) in [6.45, 7) is 6.96. The van der Waals surface area contributed by atoms with Gasteiger partial charge in [-0.15, -0.1) is 0 Å². The van der Waals surface area contributed by atoms with Crippen molar-refractivity contribution >= 4 is 11.8 Å². The Hall–Kier alpha value is -2.04. The first-order valence-electron chi connectivity index (χ1n) is 9.39. The molecule has 142 valence electrons. The average molecular weight is 358 g/mol. The summed E-state index contributed by atoms with van der Waals surface area (Å²) in [6.07, 6.45) is 3.49. The molecule has 2 bridgehead atoms. The van der Waals surface area contributed by atoms with Crippen molar-refractivity contribution in [2.45, 2.75) is 46.1 Å². The molecule has 3 rings (SSSR count). The van der Waals surface area contributed by atoms with Gasteiger partial charge in [-0.3, -0.25) is 9.59 Å². The molecule has 1 aromatic rings. The van der Waals surface area contributed by atoms with E-state index in [0.717, 1.165) is 6.42 Å². The lowest BCUT2D eigenvalue weighted by atomic mass is 9.69. The Kier molecular flexibility index (Phi) is 4.76. The maximum atomic E-state index is 12.8. The average Bonchev–Trinajstić information content (AvgIpc) is 2.93. The standard InChI is InChI=1S/C21H30N2O3/c1-20(2)15-9-10-21(20,3)17(12-15)22-19(25)14-7-6-8-16(11-14)26-13-18(24)23(4)5/h6-8,11,15,17H,9-10,12-13H2,1-5H3,(H,22,25). The van der Waals surface area contributed by atoms with Gasteiger partial charge in [0.15, 0.2) is 6.61 Å². The van der Waals surface area contributed by atoms with Gasteiger partial charge in [0.25, 0.3) is 11.8 Å². The SMILES string of the molecule is CN(C)C(=O)COc1cccc(C(=O)NC2CC3CCC2(C)C3(C)C)c1. The second kappa shape index (κ2) is 6.60. The van der Waals surface area contributed by atoms with E-state index in [2.05, 4.69) is 26.1 Å². The third kappa shape index (κ3) is 3.08. The molecule has 0 heterocycles. The van der Waals surface area contributed by atoms with Crippen LogP contribution in [0.3, 0.4) is 0 Å². The number of hydrogen-bond donors (Lipinski definition) is 1. The lowest BCUT2D eigenvalue weighted by molar-refractivity contribution is -0.130. The summed E-state index contributed by atoms with van der Waals surface area (Å²) < 4.78 is 5.52. The third-order valence-electron chi connectivity index (χ3n) is 7.06. The molecule has 0 aliphatic heterocycles. The van der Waals surface area contributed by atoms with Crippen molar-refractivity contribution in [2.24, 2.45) is 16.7 Å². The van der Waals surface area contributed by atoms with E-state index >= 15 is 0 Å². The van der Waals surface area contributed by atoms with Crippen LogP contribution in [0.2, 0.25) is 0 Å². The highest BCUT2D eigenvalue weighted by atomic mass is 16.5. The molecule has 5 nitrogen and oxygen atoms in total. The number of carbonyl (C=O) groups is 2. The smallest absolute Gasteiger partial charge is 0.259 e. The van der Waals surface area contributed by atoms with Crippen LogP contribution in [0.1, 0.15) is 50.4 Å². The summed E-state index contributed by atoms with van der Waals surface area (Å²) in [7, 11) is 3.37. The van der Waals surface area contributed by atoms with E-state index in [0.29, 0.717) is 17.2 Å². The van der Waals surface area contributed by atoms with Gasteiger partial charge in [0.1, 0.15) is 5.75 Å². The van der Waals surface area contributed by atoms with Crippen molar-refractivity contribution in [1.82, 2.24) is 10.2 Å². The summed E-state index contributed by atoms with van der Waals surface area (Å²) in [4.78, 5) is 25.9. The van der Waals surface area contributed by atoms with Crippen LogP contribution in [0.4, 0.5) is 0 Å². The highest BCUT2D eigenvalue weighted by Gasteiger charge is 2.61. The molecule has 0 radical (unpaired) electrons. The fourth-order valence-electron chi connectivity index (χ4n) is 4.66. The molecule has 5 heteroatoms. The molecule has 3 atom stereocenters. The number of ether oxygens (including phenoxy) is 1. The van der Waals surface area contributed by atoms with Gasteiger partial charge in [0, 0.05) is 25.7 Å². The molecular formula is C21H30N2O3. The molecule has 2 aliphatic carbocycles. The van der Waals surface area contributed by atoms with Gasteiger partial charge in [-0.2, -0.15) is 0 Å². The fraction of sp³-hybridized carbons (Fsp3) is 0.619. The number of likely N-dealkylation sites (N-methyl/N-ethyl adjacent to an activating group) is 1. The Labute approximate surface area is 156 Å². The largest absolute Gasteiger partial charge is 0.484 e. The predicted octanol–water partition coefficient (Wildman–Crippen LogP) is 3.10. The van der Waals surface area contributed by atoms with E-state index < -0.39 is 0 Å². The second-order valence-electron chi connectivity index (χ2n) is 8.74. The van der Waals surface area contributed by atoms with Gasteiger partial charge in [0.05, 0.1) is 0 Å². The molecule has 26 heavy (non-hydrogen) atoms. The Morgan fingerprint density at radius 3 is 2.58 bits per heavy atom. The zero-order valence-electron chi connectivity index (χ0n) is 16.5. The Balaban J connectivity index is 1.66. The number of rotatable bonds is 5. The van der Waals surface area contributed by atoms with Crippen LogP contribution in [0.15, 0.2) is 24.3 Å². The van der Waals surface area contributed by atoms with Gasteiger partial charge in [-0.25, -0.2) is 0 Å². The van der Waals surface area contributed by atoms with E-state index in [4.69, 9.17) is 4.74 Å². The highest BCUT2D eigenvalue weighted by molar-refractivity contribution is 5.94. The van der Waals surface area contributed by atoms with Crippen LogP contribution >= 0.6 is 0 Å². The topological polar surface area (TPSA) is 58.6 Å². The zero-order chi connectivity index (χ0) is 19.1. The molecule has 1 aromatic carbocycles. The number of amides is 2. The second-order valence-corrected chi connectivity index (χ2v) is 8.74. The molecule has 2 saturated carbocycles. The minimum absolute atomic E-state index is 0.0331. The number of hydrogen-bond acceptors (Lipinski definition) is 3. The number of nitrogens with zero attached hydrogens (tertiary/aromatic N) is 1. The first-order valence-corrected chi connectivity index (χ1v) is 9.39. The highest BCUT2D eigenvalue weighted by Crippen LogP contribution is 2.65. The minimum atomic E-state index is -0.114. The quantitative estimate of drug-likeness (QED) is 0.880. The number of carbonyl (C=O) groups excluding carboxylic acids is 2. The van der Waals surface area contributed by atoms with Gasteiger partial charge in [-0.1, -0.05) is 26.8 Å². The van der Waals surface area contributed by atoms with E-state index in [1.54, 1.807) is 38.4 Å². The van der Waals surface area contributed by atoms with Crippen molar-refractivity contribution in [1.29, 1.82) is 0 Å². The summed E-state index contributed by atoms with van der Waals surface area (Å²) in [5.41, 5.74) is 0.992. The monoisotopic (exact) mass is 358 g/mol. The molecule has 3 unspecified atom stereocenters. The molecular weight excluding hydrogens is 328 g/mol. The first-order chi connectivity index (χ1) is 12.1. The van der Waals surface area contributed by atoms with Crippen molar-refractivity contribution in [3.8, 4) is 5.75 Å². The summed E-state index contributed by atoms with van der Waals surface area (Å²) >= 11 is 0.